The number of hydrogen-bond acceptors (Lipinski definition) is 4. The van der Waals surface area contributed by atoms with Crippen LogP contribution in [0.3, 0.4) is 0 Å². The number of carboxylic acids is 1. The van der Waals surface area contributed by atoms with Gasteiger partial charge < -0.3 is 10.4 Å². The average molecular weight is 414 g/mol. The Morgan fingerprint density at radius 2 is 1.48 bits per heavy atom. The summed E-state index contributed by atoms with van der Waals surface area (Å²) in [6, 6.07) is 19.9. The molecule has 3 aromatic rings. The van der Waals surface area contributed by atoms with Crippen LogP contribution in [0, 0.1) is 0 Å². The molecule has 0 fully saturated rings. The third-order valence-electron chi connectivity index (χ3n) is 5.04. The molecule has 3 aromatic carbocycles. The number of benzene rings is 3. The van der Waals surface area contributed by atoms with Crippen molar-refractivity contribution in [3.05, 3.63) is 106 Å². The van der Waals surface area contributed by atoms with Crippen molar-refractivity contribution in [2.24, 2.45) is 0 Å². The Hall–Kier alpha value is -4.26. The molecule has 3 amide bonds. The number of rotatable bonds is 6. The first-order chi connectivity index (χ1) is 14.9. The second-order valence-corrected chi connectivity index (χ2v) is 7.13. The van der Waals surface area contributed by atoms with E-state index in [1.807, 2.05) is 30.3 Å². The Morgan fingerprint density at radius 3 is 2.23 bits per heavy atom. The molecule has 154 valence electrons. The van der Waals surface area contributed by atoms with Crippen molar-refractivity contribution < 1.29 is 24.3 Å². The first-order valence-corrected chi connectivity index (χ1v) is 9.58. The smallest absolute Gasteiger partial charge is 0.335 e. The number of aromatic carboxylic acids is 1. The highest BCUT2D eigenvalue weighted by atomic mass is 16.4. The highest BCUT2D eigenvalue weighted by molar-refractivity contribution is 6.22. The van der Waals surface area contributed by atoms with Gasteiger partial charge in [-0.2, -0.15) is 0 Å². The van der Waals surface area contributed by atoms with Gasteiger partial charge in [-0.3, -0.25) is 19.3 Å². The maximum Gasteiger partial charge on any atom is 0.335 e. The molecule has 2 N–H and O–H groups in total. The van der Waals surface area contributed by atoms with E-state index < -0.39 is 17.8 Å². The van der Waals surface area contributed by atoms with Gasteiger partial charge in [0.1, 0.15) is 0 Å². The molecule has 0 saturated heterocycles. The van der Waals surface area contributed by atoms with Crippen molar-refractivity contribution in [1.29, 1.82) is 0 Å². The summed E-state index contributed by atoms with van der Waals surface area (Å²) in [6.45, 7) is 0.290. The molecular formula is C24H18N2O5. The van der Waals surface area contributed by atoms with Crippen LogP contribution in [0.15, 0.2) is 72.8 Å². The van der Waals surface area contributed by atoms with Crippen LogP contribution in [0.25, 0.3) is 0 Å². The van der Waals surface area contributed by atoms with Gasteiger partial charge in [0, 0.05) is 12.1 Å². The molecule has 0 atom stereocenters. The Kier molecular flexibility index (Phi) is 5.32. The predicted molar refractivity (Wildman–Crippen MR) is 112 cm³/mol. The summed E-state index contributed by atoms with van der Waals surface area (Å²) in [7, 11) is 0. The van der Waals surface area contributed by atoms with Gasteiger partial charge in [-0.05, 0) is 41.5 Å². The zero-order valence-electron chi connectivity index (χ0n) is 16.4. The molecule has 0 unspecified atom stereocenters. The topological polar surface area (TPSA) is 104 Å². The molecule has 0 bridgehead atoms. The summed E-state index contributed by atoms with van der Waals surface area (Å²) in [5.74, 6) is -2.30. The molecule has 1 aliphatic rings. The Balaban J connectivity index is 1.48. The summed E-state index contributed by atoms with van der Waals surface area (Å²) in [6.07, 6.45) is 0. The fourth-order valence-corrected chi connectivity index (χ4v) is 3.44. The van der Waals surface area contributed by atoms with Crippen LogP contribution in [0.1, 0.15) is 52.6 Å². The lowest BCUT2D eigenvalue weighted by molar-refractivity contribution is 0.0639. The lowest BCUT2D eigenvalue weighted by Gasteiger charge is -2.13. The van der Waals surface area contributed by atoms with Crippen molar-refractivity contribution in [3.8, 4) is 0 Å². The number of nitrogens with one attached hydrogen (secondary N) is 1. The zero-order valence-corrected chi connectivity index (χ0v) is 16.4. The zero-order chi connectivity index (χ0) is 22.0. The van der Waals surface area contributed by atoms with E-state index >= 15 is 0 Å². The Labute approximate surface area is 177 Å². The molecule has 1 heterocycles. The molecule has 0 aromatic heterocycles. The predicted octanol–water partition coefficient (Wildman–Crippen LogP) is 3.11. The standard InChI is InChI=1S/C24H18N2O5/c27-21(25-13-16-7-4-8-18(11-16)24(30)31)17-9-10-19-20(12-17)23(29)26(22(19)28)14-15-5-2-1-3-6-15/h1-12H,13-14H2,(H,25,27)(H,30,31). The van der Waals surface area contributed by atoms with Gasteiger partial charge in [0.15, 0.2) is 0 Å². The van der Waals surface area contributed by atoms with Crippen LogP contribution >= 0.6 is 0 Å². The molecule has 0 saturated carbocycles. The molecule has 0 spiro atoms. The van der Waals surface area contributed by atoms with E-state index in [-0.39, 0.29) is 41.3 Å². The SMILES string of the molecule is O=C(O)c1cccc(CNC(=O)c2ccc3c(c2)C(=O)N(Cc2ccccc2)C3=O)c1. The second kappa shape index (κ2) is 8.23. The number of imide groups is 1. The van der Waals surface area contributed by atoms with Crippen LogP contribution in [-0.4, -0.2) is 33.7 Å². The summed E-state index contributed by atoms with van der Waals surface area (Å²) in [4.78, 5) is 50.2. The van der Waals surface area contributed by atoms with Gasteiger partial charge in [0.2, 0.25) is 0 Å². The molecule has 0 aliphatic carbocycles. The van der Waals surface area contributed by atoms with Crippen molar-refractivity contribution >= 4 is 23.7 Å². The number of carbonyl (C=O) groups excluding carboxylic acids is 3. The average Bonchev–Trinajstić information content (AvgIpc) is 3.02. The molecule has 7 heteroatoms. The maximum absolute atomic E-state index is 12.8. The molecule has 0 radical (unpaired) electrons. The fourth-order valence-electron chi connectivity index (χ4n) is 3.44. The first-order valence-electron chi connectivity index (χ1n) is 9.58. The van der Waals surface area contributed by atoms with E-state index in [0.29, 0.717) is 5.56 Å². The van der Waals surface area contributed by atoms with Gasteiger partial charge >= 0.3 is 5.97 Å². The van der Waals surface area contributed by atoms with E-state index in [2.05, 4.69) is 5.32 Å². The molecule has 1 aliphatic heterocycles. The quantitative estimate of drug-likeness (QED) is 0.603. The molecule has 4 rings (SSSR count). The molecule has 7 nitrogen and oxygen atoms in total. The van der Waals surface area contributed by atoms with Crippen LogP contribution in [0.4, 0.5) is 0 Å². The largest absolute Gasteiger partial charge is 0.478 e. The first kappa shape index (κ1) is 20.0. The number of hydrogen-bond donors (Lipinski definition) is 2. The minimum atomic E-state index is -1.05. The normalized spacial score (nSPS) is 12.6. The summed E-state index contributed by atoms with van der Waals surface area (Å²) < 4.78 is 0. The van der Waals surface area contributed by atoms with E-state index in [4.69, 9.17) is 5.11 Å². The highest BCUT2D eigenvalue weighted by Gasteiger charge is 2.35. The summed E-state index contributed by atoms with van der Waals surface area (Å²) in [5.41, 5.74) is 2.31. The third kappa shape index (κ3) is 4.06. The Bertz CT molecular complexity index is 1200. The van der Waals surface area contributed by atoms with E-state index in [1.54, 1.807) is 12.1 Å². The van der Waals surface area contributed by atoms with Gasteiger partial charge in [-0.25, -0.2) is 4.79 Å². The van der Waals surface area contributed by atoms with Crippen LogP contribution in [0.2, 0.25) is 0 Å². The van der Waals surface area contributed by atoms with Gasteiger partial charge in [-0.15, -0.1) is 0 Å². The monoisotopic (exact) mass is 414 g/mol. The summed E-state index contributed by atoms with van der Waals surface area (Å²) in [5, 5.41) is 11.8. The van der Waals surface area contributed by atoms with Crippen LogP contribution < -0.4 is 5.32 Å². The summed E-state index contributed by atoms with van der Waals surface area (Å²) >= 11 is 0. The number of carbonyl (C=O) groups is 4. The van der Waals surface area contributed by atoms with Crippen molar-refractivity contribution in [2.45, 2.75) is 13.1 Å². The van der Waals surface area contributed by atoms with Crippen LogP contribution in [0.5, 0.6) is 0 Å². The number of carboxylic acid groups (broad SMARTS) is 1. The number of amides is 3. The molecule has 31 heavy (non-hydrogen) atoms. The maximum atomic E-state index is 12.8. The van der Waals surface area contributed by atoms with Crippen molar-refractivity contribution in [2.75, 3.05) is 0 Å². The van der Waals surface area contributed by atoms with Crippen molar-refractivity contribution in [1.82, 2.24) is 10.2 Å². The number of nitrogens with zero attached hydrogens (tertiary/aromatic N) is 1. The number of fused-ring (bicyclic) bond motifs is 1. The fraction of sp³-hybridized carbons (Fsp3) is 0.0833. The second-order valence-electron chi connectivity index (χ2n) is 7.13. The minimum absolute atomic E-state index is 0.129. The van der Waals surface area contributed by atoms with Gasteiger partial charge in [-0.1, -0.05) is 42.5 Å². The molecular weight excluding hydrogens is 396 g/mol. The van der Waals surface area contributed by atoms with Gasteiger partial charge in [0.25, 0.3) is 17.7 Å². The Morgan fingerprint density at radius 1 is 0.774 bits per heavy atom. The van der Waals surface area contributed by atoms with Crippen molar-refractivity contribution in [3.63, 3.8) is 0 Å². The highest BCUT2D eigenvalue weighted by Crippen LogP contribution is 2.25. The lowest BCUT2D eigenvalue weighted by Crippen LogP contribution is -2.29. The van der Waals surface area contributed by atoms with Gasteiger partial charge in [0.05, 0.1) is 23.2 Å². The van der Waals surface area contributed by atoms with E-state index in [9.17, 15) is 19.2 Å². The lowest BCUT2D eigenvalue weighted by atomic mass is 10.1. The third-order valence-corrected chi connectivity index (χ3v) is 5.04. The van der Waals surface area contributed by atoms with E-state index in [1.165, 1.54) is 35.2 Å². The minimum Gasteiger partial charge on any atom is -0.478 e. The van der Waals surface area contributed by atoms with Crippen LogP contribution in [-0.2, 0) is 13.1 Å². The van der Waals surface area contributed by atoms with E-state index in [0.717, 1.165) is 5.56 Å².